The molecule has 0 aromatic heterocycles. The molecule has 2 rings (SSSR count). The van der Waals surface area contributed by atoms with Crippen LogP contribution >= 0.6 is 0 Å². The predicted molar refractivity (Wildman–Crippen MR) is 78.3 cm³/mol. The Kier molecular flexibility index (Phi) is 4.41. The van der Waals surface area contributed by atoms with E-state index in [1.807, 2.05) is 31.3 Å². The van der Waals surface area contributed by atoms with Crippen molar-refractivity contribution in [1.82, 2.24) is 10.2 Å². The molecule has 0 spiro atoms. The highest BCUT2D eigenvalue weighted by atomic mass is 15.3. The maximum atomic E-state index is 9.24. The van der Waals surface area contributed by atoms with Crippen molar-refractivity contribution >= 4 is 5.69 Å². The van der Waals surface area contributed by atoms with Gasteiger partial charge in [0.15, 0.2) is 0 Å². The number of benzene rings is 1. The lowest BCUT2D eigenvalue weighted by Gasteiger charge is -2.45. The van der Waals surface area contributed by atoms with E-state index in [9.17, 15) is 5.26 Å². The van der Waals surface area contributed by atoms with Crippen molar-refractivity contribution < 1.29 is 0 Å². The van der Waals surface area contributed by atoms with E-state index < -0.39 is 0 Å². The van der Waals surface area contributed by atoms with Gasteiger partial charge in [0, 0.05) is 31.7 Å². The third-order valence-corrected chi connectivity index (χ3v) is 3.99. The van der Waals surface area contributed by atoms with E-state index in [0.717, 1.165) is 30.9 Å². The quantitative estimate of drug-likeness (QED) is 0.887. The molecule has 2 atom stereocenters. The summed E-state index contributed by atoms with van der Waals surface area (Å²) in [5, 5.41) is 12.5. The number of nitriles is 1. The number of hydrogen-bond acceptors (Lipinski definition) is 4. The molecule has 4 heteroatoms. The first kappa shape index (κ1) is 13.9. The molecular weight excluding hydrogens is 236 g/mol. The van der Waals surface area contributed by atoms with Crippen LogP contribution < -0.4 is 10.2 Å². The Morgan fingerprint density at radius 3 is 2.79 bits per heavy atom. The Morgan fingerprint density at radius 1 is 1.37 bits per heavy atom. The summed E-state index contributed by atoms with van der Waals surface area (Å²) in [4.78, 5) is 4.76. The van der Waals surface area contributed by atoms with Crippen LogP contribution in [-0.4, -0.2) is 50.7 Å². The zero-order chi connectivity index (χ0) is 13.8. The van der Waals surface area contributed by atoms with E-state index in [1.54, 1.807) is 0 Å². The number of hydrogen-bond donors (Lipinski definition) is 1. The van der Waals surface area contributed by atoms with E-state index in [1.165, 1.54) is 0 Å². The molecule has 1 fully saturated rings. The lowest BCUT2D eigenvalue weighted by molar-refractivity contribution is 0.157. The summed E-state index contributed by atoms with van der Waals surface area (Å²) in [7, 11) is 4.17. The molecule has 1 heterocycles. The van der Waals surface area contributed by atoms with Gasteiger partial charge >= 0.3 is 0 Å². The third-order valence-electron chi connectivity index (χ3n) is 3.99. The summed E-state index contributed by atoms with van der Waals surface area (Å²) in [6, 6.07) is 11.1. The lowest BCUT2D eigenvalue weighted by atomic mass is 10.1. The zero-order valence-electron chi connectivity index (χ0n) is 11.9. The molecule has 4 nitrogen and oxygen atoms in total. The van der Waals surface area contributed by atoms with Crippen molar-refractivity contribution in [3.05, 3.63) is 29.8 Å². The van der Waals surface area contributed by atoms with Crippen molar-refractivity contribution in [2.45, 2.75) is 19.0 Å². The Labute approximate surface area is 115 Å². The Bertz CT molecular complexity index is 465. The van der Waals surface area contributed by atoms with E-state index >= 15 is 0 Å². The van der Waals surface area contributed by atoms with E-state index in [4.69, 9.17) is 0 Å². The SMILES string of the molecule is CNCC1CN(c2ccccc2C#N)CC(C)N1C. The summed E-state index contributed by atoms with van der Waals surface area (Å²) in [5.41, 5.74) is 1.83. The molecule has 1 aliphatic heterocycles. The van der Waals surface area contributed by atoms with Crippen molar-refractivity contribution in [2.24, 2.45) is 0 Å². The lowest BCUT2D eigenvalue weighted by Crippen LogP contribution is -2.59. The van der Waals surface area contributed by atoms with Crippen LogP contribution in [-0.2, 0) is 0 Å². The maximum absolute atomic E-state index is 9.24. The molecule has 1 aromatic carbocycles. The largest absolute Gasteiger partial charge is 0.367 e. The topological polar surface area (TPSA) is 42.3 Å². The van der Waals surface area contributed by atoms with Gasteiger partial charge in [-0.05, 0) is 33.2 Å². The predicted octanol–water partition coefficient (Wildman–Crippen LogP) is 1.29. The Hall–Kier alpha value is -1.57. The monoisotopic (exact) mass is 258 g/mol. The summed E-state index contributed by atoms with van der Waals surface area (Å²) in [5.74, 6) is 0. The van der Waals surface area contributed by atoms with Crippen LogP contribution in [0.1, 0.15) is 12.5 Å². The molecule has 2 unspecified atom stereocenters. The molecule has 0 bridgehead atoms. The Balaban J connectivity index is 2.23. The van der Waals surface area contributed by atoms with Gasteiger partial charge in [0.1, 0.15) is 6.07 Å². The van der Waals surface area contributed by atoms with Crippen molar-refractivity contribution in [1.29, 1.82) is 5.26 Å². The summed E-state index contributed by atoms with van der Waals surface area (Å²) < 4.78 is 0. The van der Waals surface area contributed by atoms with Gasteiger partial charge in [0.25, 0.3) is 0 Å². The highest BCUT2D eigenvalue weighted by Crippen LogP contribution is 2.24. The first-order valence-corrected chi connectivity index (χ1v) is 6.78. The van der Waals surface area contributed by atoms with Crippen molar-refractivity contribution in [3.8, 4) is 6.07 Å². The fraction of sp³-hybridized carbons (Fsp3) is 0.533. The van der Waals surface area contributed by atoms with Gasteiger partial charge in [-0.1, -0.05) is 12.1 Å². The average molecular weight is 258 g/mol. The van der Waals surface area contributed by atoms with E-state index in [0.29, 0.717) is 12.1 Å². The van der Waals surface area contributed by atoms with Crippen LogP contribution in [0.2, 0.25) is 0 Å². The molecule has 1 aliphatic rings. The summed E-state index contributed by atoms with van der Waals surface area (Å²) in [6.45, 7) is 5.13. The number of para-hydroxylation sites is 1. The minimum absolute atomic E-state index is 0.473. The number of nitrogens with zero attached hydrogens (tertiary/aromatic N) is 3. The van der Waals surface area contributed by atoms with Gasteiger partial charge in [-0.25, -0.2) is 0 Å². The van der Waals surface area contributed by atoms with Gasteiger partial charge in [0.05, 0.1) is 11.3 Å². The second-order valence-electron chi connectivity index (χ2n) is 5.26. The molecule has 0 aliphatic carbocycles. The van der Waals surface area contributed by atoms with E-state index in [-0.39, 0.29) is 0 Å². The molecule has 0 saturated carbocycles. The highest BCUT2D eigenvalue weighted by molar-refractivity contribution is 5.59. The summed E-state index contributed by atoms with van der Waals surface area (Å²) in [6.07, 6.45) is 0. The molecule has 102 valence electrons. The highest BCUT2D eigenvalue weighted by Gasteiger charge is 2.29. The van der Waals surface area contributed by atoms with Crippen LogP contribution in [0, 0.1) is 11.3 Å². The van der Waals surface area contributed by atoms with Crippen LogP contribution in [0.15, 0.2) is 24.3 Å². The molecule has 1 saturated heterocycles. The number of piperazine rings is 1. The normalized spacial score (nSPS) is 24.2. The van der Waals surface area contributed by atoms with Gasteiger partial charge < -0.3 is 10.2 Å². The van der Waals surface area contributed by atoms with Crippen molar-refractivity contribution in [2.75, 3.05) is 38.6 Å². The molecule has 19 heavy (non-hydrogen) atoms. The standard InChI is InChI=1S/C15H22N4/c1-12-10-19(11-14(9-17-2)18(12)3)15-7-5-4-6-13(15)8-16/h4-7,12,14,17H,9-11H2,1-3H3. The number of anilines is 1. The first-order valence-electron chi connectivity index (χ1n) is 6.78. The van der Waals surface area contributed by atoms with E-state index in [2.05, 4.69) is 35.2 Å². The molecule has 1 aromatic rings. The van der Waals surface area contributed by atoms with Gasteiger partial charge in [-0.3, -0.25) is 4.90 Å². The average Bonchev–Trinajstić information content (AvgIpc) is 2.43. The fourth-order valence-corrected chi connectivity index (χ4v) is 2.75. The van der Waals surface area contributed by atoms with Gasteiger partial charge in [-0.2, -0.15) is 5.26 Å². The number of nitrogens with one attached hydrogen (secondary N) is 1. The summed E-state index contributed by atoms with van der Waals surface area (Å²) >= 11 is 0. The first-order chi connectivity index (χ1) is 9.17. The molecule has 0 amide bonds. The minimum atomic E-state index is 0.473. The molecule has 0 radical (unpaired) electrons. The number of likely N-dealkylation sites (N-methyl/N-ethyl adjacent to an activating group) is 2. The van der Waals surface area contributed by atoms with Crippen LogP contribution in [0.3, 0.4) is 0 Å². The van der Waals surface area contributed by atoms with Crippen LogP contribution in [0.4, 0.5) is 5.69 Å². The van der Waals surface area contributed by atoms with Gasteiger partial charge in [0.2, 0.25) is 0 Å². The Morgan fingerprint density at radius 2 is 2.11 bits per heavy atom. The van der Waals surface area contributed by atoms with Crippen LogP contribution in [0.25, 0.3) is 0 Å². The second kappa shape index (κ2) is 6.05. The maximum Gasteiger partial charge on any atom is 0.101 e. The van der Waals surface area contributed by atoms with Crippen molar-refractivity contribution in [3.63, 3.8) is 0 Å². The zero-order valence-corrected chi connectivity index (χ0v) is 11.9. The fourth-order valence-electron chi connectivity index (χ4n) is 2.75. The van der Waals surface area contributed by atoms with Crippen LogP contribution in [0.5, 0.6) is 0 Å². The minimum Gasteiger partial charge on any atom is -0.367 e. The van der Waals surface area contributed by atoms with Gasteiger partial charge in [-0.15, -0.1) is 0 Å². The smallest absolute Gasteiger partial charge is 0.101 e. The second-order valence-corrected chi connectivity index (χ2v) is 5.26. The third kappa shape index (κ3) is 2.89. The molecular formula is C15H22N4. The molecule has 1 N–H and O–H groups in total. The number of rotatable bonds is 3.